The van der Waals surface area contributed by atoms with E-state index in [2.05, 4.69) is 15.0 Å². The Morgan fingerprint density at radius 2 is 2.14 bits per heavy atom. The van der Waals surface area contributed by atoms with Gasteiger partial charge < -0.3 is 19.7 Å². The summed E-state index contributed by atoms with van der Waals surface area (Å²) in [6.07, 6.45) is -2.13. The van der Waals surface area contributed by atoms with Gasteiger partial charge in [-0.25, -0.2) is 15.0 Å². The fourth-order valence-corrected chi connectivity index (χ4v) is 2.69. The molecule has 1 aliphatic rings. The van der Waals surface area contributed by atoms with Crippen molar-refractivity contribution in [3.63, 3.8) is 0 Å². The van der Waals surface area contributed by atoms with E-state index in [-0.39, 0.29) is 11.8 Å². The highest BCUT2D eigenvalue weighted by molar-refractivity contribution is 6.33. The number of methoxy groups -OCH3 is 1. The number of rotatable bonds is 3. The summed E-state index contributed by atoms with van der Waals surface area (Å²) in [4.78, 5) is 12.4. The average molecular weight is 315 g/mol. The molecule has 3 rings (SSSR count). The Kier molecular flexibility index (Phi) is 3.80. The van der Waals surface area contributed by atoms with Crippen molar-refractivity contribution in [2.45, 2.75) is 31.5 Å². The van der Waals surface area contributed by atoms with Gasteiger partial charge in [-0.3, -0.25) is 4.57 Å². The van der Waals surface area contributed by atoms with E-state index >= 15 is 0 Å². The molecule has 0 aromatic carbocycles. The third-order valence-electron chi connectivity index (χ3n) is 3.43. The van der Waals surface area contributed by atoms with Gasteiger partial charge in [0.25, 0.3) is 0 Å². The van der Waals surface area contributed by atoms with Crippen molar-refractivity contribution in [1.82, 2.24) is 19.5 Å². The summed E-state index contributed by atoms with van der Waals surface area (Å²) >= 11 is 6.03. The largest absolute Gasteiger partial charge is 0.387 e. The molecule has 0 amide bonds. The van der Waals surface area contributed by atoms with Crippen LogP contribution in [0.15, 0.2) is 6.33 Å². The minimum Gasteiger partial charge on any atom is -0.387 e. The van der Waals surface area contributed by atoms with Gasteiger partial charge in [-0.15, -0.1) is 0 Å². The molecule has 0 spiro atoms. The van der Waals surface area contributed by atoms with E-state index in [1.165, 1.54) is 13.4 Å². The molecule has 0 aliphatic carbocycles. The number of hydrogen-bond acceptors (Lipinski definition) is 7. The zero-order chi connectivity index (χ0) is 15.1. The molecule has 4 atom stereocenters. The summed E-state index contributed by atoms with van der Waals surface area (Å²) in [6, 6.07) is 0. The third-order valence-corrected chi connectivity index (χ3v) is 3.70. The number of aromatic nitrogens is 4. The predicted molar refractivity (Wildman–Crippen MR) is 72.9 cm³/mol. The molecule has 1 unspecified atom stereocenters. The Balaban J connectivity index is 2.01. The Morgan fingerprint density at radius 3 is 2.86 bits per heavy atom. The van der Waals surface area contributed by atoms with Gasteiger partial charge in [0.1, 0.15) is 29.7 Å². The van der Waals surface area contributed by atoms with Gasteiger partial charge in [-0.2, -0.15) is 0 Å². The maximum atomic E-state index is 10.2. The Bertz CT molecular complexity index is 664. The molecular weight excluding hydrogens is 300 g/mol. The number of halogens is 1. The van der Waals surface area contributed by atoms with E-state index in [1.807, 2.05) is 0 Å². The van der Waals surface area contributed by atoms with Crippen LogP contribution < -0.4 is 0 Å². The van der Waals surface area contributed by atoms with Crippen LogP contribution in [0, 0.1) is 6.92 Å². The van der Waals surface area contributed by atoms with Crippen LogP contribution in [0.4, 0.5) is 0 Å². The molecule has 1 fully saturated rings. The topological polar surface area (TPSA) is 103 Å². The maximum absolute atomic E-state index is 10.2. The van der Waals surface area contributed by atoms with E-state index < -0.39 is 24.5 Å². The van der Waals surface area contributed by atoms with Gasteiger partial charge in [-0.1, -0.05) is 11.6 Å². The van der Waals surface area contributed by atoms with Crippen molar-refractivity contribution >= 4 is 22.8 Å². The van der Waals surface area contributed by atoms with Gasteiger partial charge in [0, 0.05) is 7.11 Å². The lowest BCUT2D eigenvalue weighted by atomic mass is 10.1. The average Bonchev–Trinajstić information content (AvgIpc) is 2.96. The number of ether oxygens (including phenoxy) is 2. The zero-order valence-electron chi connectivity index (χ0n) is 11.5. The quantitative estimate of drug-likeness (QED) is 0.772. The lowest BCUT2D eigenvalue weighted by molar-refractivity contribution is -0.0580. The first-order chi connectivity index (χ1) is 10.0. The Labute approximate surface area is 125 Å². The lowest BCUT2D eigenvalue weighted by Gasteiger charge is -2.16. The van der Waals surface area contributed by atoms with E-state index in [9.17, 15) is 10.2 Å². The van der Waals surface area contributed by atoms with Crippen LogP contribution >= 0.6 is 11.6 Å². The molecule has 3 heterocycles. The van der Waals surface area contributed by atoms with Crippen LogP contribution in [-0.2, 0) is 9.47 Å². The van der Waals surface area contributed by atoms with E-state index in [0.717, 1.165) is 0 Å². The number of imidazole rings is 1. The van der Waals surface area contributed by atoms with Crippen molar-refractivity contribution in [2.75, 3.05) is 13.7 Å². The monoisotopic (exact) mass is 314 g/mol. The minimum atomic E-state index is -1.11. The Morgan fingerprint density at radius 1 is 1.38 bits per heavy atom. The molecule has 0 saturated carbocycles. The van der Waals surface area contributed by atoms with Crippen molar-refractivity contribution in [2.24, 2.45) is 0 Å². The van der Waals surface area contributed by atoms with E-state index in [0.29, 0.717) is 17.0 Å². The molecule has 21 heavy (non-hydrogen) atoms. The van der Waals surface area contributed by atoms with E-state index in [1.54, 1.807) is 11.5 Å². The van der Waals surface area contributed by atoms with Crippen molar-refractivity contribution in [3.8, 4) is 0 Å². The number of aliphatic hydroxyl groups excluding tert-OH is 2. The second-order valence-corrected chi connectivity index (χ2v) is 5.25. The fourth-order valence-electron chi connectivity index (χ4n) is 2.43. The van der Waals surface area contributed by atoms with Crippen LogP contribution in [0.25, 0.3) is 11.2 Å². The molecule has 2 aromatic rings. The first kappa shape index (κ1) is 14.6. The smallest absolute Gasteiger partial charge is 0.167 e. The first-order valence-corrected chi connectivity index (χ1v) is 6.78. The second kappa shape index (κ2) is 5.47. The number of hydrogen-bond donors (Lipinski definition) is 2. The number of aliphatic hydroxyl groups is 2. The molecule has 2 aromatic heterocycles. The van der Waals surface area contributed by atoms with Crippen molar-refractivity contribution in [3.05, 3.63) is 17.3 Å². The standard InChI is InChI=1S/C12H15ClN4O4/c1-5-15-10(13)7-11(16-5)17(4-14-7)12-9(19)8(18)6(21-12)3-20-2/h4,6,8-9,12,18-19H,3H2,1-2H3/t6-,8-,9-,12?/m1/s1. The molecule has 0 radical (unpaired) electrons. The molecule has 2 N–H and O–H groups in total. The zero-order valence-corrected chi connectivity index (χ0v) is 12.2. The van der Waals surface area contributed by atoms with Crippen LogP contribution in [0.2, 0.25) is 5.15 Å². The summed E-state index contributed by atoms with van der Waals surface area (Å²) in [7, 11) is 1.50. The summed E-state index contributed by atoms with van der Waals surface area (Å²) in [5.74, 6) is 0.482. The summed E-state index contributed by atoms with van der Waals surface area (Å²) in [5, 5.41) is 20.4. The highest BCUT2D eigenvalue weighted by Gasteiger charge is 2.44. The maximum Gasteiger partial charge on any atom is 0.167 e. The minimum absolute atomic E-state index is 0.177. The summed E-state index contributed by atoms with van der Waals surface area (Å²) < 4.78 is 12.2. The molecule has 114 valence electrons. The third kappa shape index (κ3) is 2.39. The van der Waals surface area contributed by atoms with Crippen molar-refractivity contribution < 1.29 is 19.7 Å². The normalized spacial score (nSPS) is 29.4. The summed E-state index contributed by atoms with van der Waals surface area (Å²) in [6.45, 7) is 1.88. The van der Waals surface area contributed by atoms with Gasteiger partial charge in [-0.05, 0) is 6.92 Å². The van der Waals surface area contributed by atoms with Crippen LogP contribution in [0.1, 0.15) is 12.1 Å². The molecule has 9 heteroatoms. The molecular formula is C12H15ClN4O4. The summed E-state index contributed by atoms with van der Waals surface area (Å²) in [5.41, 5.74) is 0.865. The van der Waals surface area contributed by atoms with E-state index in [4.69, 9.17) is 21.1 Å². The number of fused-ring (bicyclic) bond motifs is 1. The number of aryl methyl sites for hydroxylation is 1. The predicted octanol–water partition coefficient (Wildman–Crippen LogP) is 0.0537. The highest BCUT2D eigenvalue weighted by Crippen LogP contribution is 2.32. The Hall–Kier alpha value is -1.32. The fraction of sp³-hybridized carbons (Fsp3) is 0.583. The van der Waals surface area contributed by atoms with Crippen LogP contribution in [0.5, 0.6) is 0 Å². The van der Waals surface area contributed by atoms with Gasteiger partial charge in [0.05, 0.1) is 12.9 Å². The molecule has 1 aliphatic heterocycles. The number of nitrogens with zero attached hydrogens (tertiary/aromatic N) is 4. The van der Waals surface area contributed by atoms with Crippen LogP contribution in [0.3, 0.4) is 0 Å². The highest BCUT2D eigenvalue weighted by atomic mass is 35.5. The van der Waals surface area contributed by atoms with Crippen LogP contribution in [-0.4, -0.2) is 61.8 Å². The lowest BCUT2D eigenvalue weighted by Crippen LogP contribution is -2.33. The molecule has 8 nitrogen and oxygen atoms in total. The second-order valence-electron chi connectivity index (χ2n) is 4.89. The van der Waals surface area contributed by atoms with Gasteiger partial charge in [0.15, 0.2) is 17.0 Å². The van der Waals surface area contributed by atoms with Crippen molar-refractivity contribution in [1.29, 1.82) is 0 Å². The molecule has 0 bridgehead atoms. The van der Waals surface area contributed by atoms with Gasteiger partial charge >= 0.3 is 0 Å². The molecule has 1 saturated heterocycles. The first-order valence-electron chi connectivity index (χ1n) is 6.40. The SMILES string of the molecule is COC[C@H]1OC(n2cnc3c(Cl)nc(C)nc32)[C@H](O)[C@@H]1O. The van der Waals surface area contributed by atoms with Gasteiger partial charge in [0.2, 0.25) is 0 Å².